The number of furan rings is 1. The average Bonchev–Trinajstić information content (AvgIpc) is 3.70. The molecule has 0 unspecified atom stereocenters. The number of nitrogens with zero attached hydrogens (tertiary/aromatic N) is 1. The third-order valence-corrected chi connectivity index (χ3v) is 10.6. The minimum atomic E-state index is 0.916. The van der Waals surface area contributed by atoms with Crippen molar-refractivity contribution in [2.45, 2.75) is 0 Å². The molecule has 2 aromatic heterocycles. The third-order valence-electron chi connectivity index (χ3n) is 9.43. The maximum atomic E-state index is 6.34. The van der Waals surface area contributed by atoms with Gasteiger partial charge in [0.1, 0.15) is 11.2 Å². The molecule has 0 atom stereocenters. The molecular weight excluding hydrogens is 591 g/mol. The van der Waals surface area contributed by atoms with Gasteiger partial charge in [0.25, 0.3) is 0 Å². The van der Waals surface area contributed by atoms with Gasteiger partial charge in [-0.2, -0.15) is 0 Å². The molecule has 8 aromatic carbocycles. The van der Waals surface area contributed by atoms with E-state index < -0.39 is 0 Å². The van der Waals surface area contributed by atoms with Crippen molar-refractivity contribution < 1.29 is 4.42 Å². The second-order valence-corrected chi connectivity index (χ2v) is 13.2. The Morgan fingerprint density at radius 3 is 2.06 bits per heavy atom. The normalized spacial score (nSPS) is 11.8. The summed E-state index contributed by atoms with van der Waals surface area (Å²) in [6.45, 7) is 0. The Hall–Kier alpha value is -5.90. The molecule has 0 aliphatic heterocycles. The molecular formula is C44H27NOS. The van der Waals surface area contributed by atoms with E-state index in [9.17, 15) is 0 Å². The molecule has 0 amide bonds. The van der Waals surface area contributed by atoms with E-state index in [1.807, 2.05) is 17.4 Å². The summed E-state index contributed by atoms with van der Waals surface area (Å²) >= 11 is 1.85. The number of rotatable bonds is 4. The summed E-state index contributed by atoms with van der Waals surface area (Å²) in [6.07, 6.45) is 0. The van der Waals surface area contributed by atoms with Crippen LogP contribution in [0.2, 0.25) is 0 Å². The van der Waals surface area contributed by atoms with Gasteiger partial charge in [-0.1, -0.05) is 109 Å². The van der Waals surface area contributed by atoms with Crippen molar-refractivity contribution in [2.75, 3.05) is 4.90 Å². The molecule has 2 nitrogen and oxygen atoms in total. The second kappa shape index (κ2) is 10.3. The quantitative estimate of drug-likeness (QED) is 0.183. The molecule has 2 heterocycles. The van der Waals surface area contributed by atoms with E-state index in [-0.39, 0.29) is 0 Å². The van der Waals surface area contributed by atoms with Crippen LogP contribution in [0.25, 0.3) is 74.8 Å². The molecule has 0 spiro atoms. The number of fused-ring (bicyclic) bond motifs is 10. The maximum Gasteiger partial charge on any atom is 0.136 e. The Morgan fingerprint density at radius 2 is 1.13 bits per heavy atom. The van der Waals surface area contributed by atoms with Gasteiger partial charge in [-0.3, -0.25) is 0 Å². The first-order valence-electron chi connectivity index (χ1n) is 15.9. The molecule has 0 aliphatic carbocycles. The van der Waals surface area contributed by atoms with E-state index in [1.165, 1.54) is 58.2 Å². The SMILES string of the molecule is c1ccc(-c2cccc(N(c3ccc4sc5ccccc5c4c3)c3cccc4c3ccc3ccc5oc6ccccc6c5c34)c2)cc1. The Bertz CT molecular complexity index is 2810. The van der Waals surface area contributed by atoms with Crippen LogP contribution in [-0.2, 0) is 0 Å². The smallest absolute Gasteiger partial charge is 0.136 e. The van der Waals surface area contributed by atoms with E-state index in [0.717, 1.165) is 33.6 Å². The van der Waals surface area contributed by atoms with E-state index >= 15 is 0 Å². The molecule has 0 fully saturated rings. The van der Waals surface area contributed by atoms with Crippen molar-refractivity contribution in [1.29, 1.82) is 0 Å². The molecule has 0 bridgehead atoms. The lowest BCUT2D eigenvalue weighted by Crippen LogP contribution is -2.10. The molecule has 220 valence electrons. The van der Waals surface area contributed by atoms with Gasteiger partial charge in [-0.05, 0) is 76.5 Å². The summed E-state index contributed by atoms with van der Waals surface area (Å²) in [6, 6.07) is 59.1. The van der Waals surface area contributed by atoms with Crippen molar-refractivity contribution in [3.63, 3.8) is 0 Å². The zero-order valence-electron chi connectivity index (χ0n) is 25.4. The van der Waals surface area contributed by atoms with Gasteiger partial charge in [0, 0.05) is 53.1 Å². The van der Waals surface area contributed by atoms with Crippen molar-refractivity contribution in [1.82, 2.24) is 0 Å². The first-order valence-corrected chi connectivity index (χ1v) is 16.7. The summed E-state index contributed by atoms with van der Waals surface area (Å²) < 4.78 is 8.95. The van der Waals surface area contributed by atoms with E-state index in [0.29, 0.717) is 0 Å². The monoisotopic (exact) mass is 617 g/mol. The van der Waals surface area contributed by atoms with Gasteiger partial charge in [0.05, 0.1) is 5.69 Å². The van der Waals surface area contributed by atoms with Crippen LogP contribution in [0.4, 0.5) is 17.1 Å². The van der Waals surface area contributed by atoms with E-state index in [2.05, 4.69) is 163 Å². The maximum absolute atomic E-state index is 6.34. The Kier molecular flexibility index (Phi) is 5.78. The van der Waals surface area contributed by atoms with Crippen molar-refractivity contribution in [2.24, 2.45) is 0 Å². The molecule has 0 saturated heterocycles. The lowest BCUT2D eigenvalue weighted by molar-refractivity contribution is 0.669. The van der Waals surface area contributed by atoms with Gasteiger partial charge >= 0.3 is 0 Å². The van der Waals surface area contributed by atoms with Crippen LogP contribution < -0.4 is 4.90 Å². The zero-order valence-corrected chi connectivity index (χ0v) is 26.2. The minimum absolute atomic E-state index is 0.916. The fourth-order valence-electron chi connectivity index (χ4n) is 7.31. The van der Waals surface area contributed by atoms with Gasteiger partial charge in [-0.15, -0.1) is 11.3 Å². The summed E-state index contributed by atoms with van der Waals surface area (Å²) in [5.74, 6) is 0. The molecule has 0 saturated carbocycles. The summed E-state index contributed by atoms with van der Waals surface area (Å²) in [5.41, 5.74) is 7.60. The lowest BCUT2D eigenvalue weighted by Gasteiger charge is -2.28. The van der Waals surface area contributed by atoms with Crippen LogP contribution in [0.5, 0.6) is 0 Å². The fraction of sp³-hybridized carbons (Fsp3) is 0. The highest BCUT2D eigenvalue weighted by Crippen LogP contribution is 2.46. The van der Waals surface area contributed by atoms with Crippen LogP contribution in [-0.4, -0.2) is 0 Å². The van der Waals surface area contributed by atoms with Crippen LogP contribution in [0, 0.1) is 0 Å². The number of para-hydroxylation sites is 1. The van der Waals surface area contributed by atoms with Gasteiger partial charge in [-0.25, -0.2) is 0 Å². The number of anilines is 3. The summed E-state index contributed by atoms with van der Waals surface area (Å²) in [5, 5.41) is 9.73. The van der Waals surface area contributed by atoms with E-state index in [4.69, 9.17) is 4.42 Å². The topological polar surface area (TPSA) is 16.4 Å². The van der Waals surface area contributed by atoms with Crippen molar-refractivity contribution in [3.8, 4) is 11.1 Å². The number of benzene rings is 8. The largest absolute Gasteiger partial charge is 0.456 e. The van der Waals surface area contributed by atoms with Crippen molar-refractivity contribution in [3.05, 3.63) is 164 Å². The van der Waals surface area contributed by atoms with Crippen LogP contribution >= 0.6 is 11.3 Å². The number of hydrogen-bond donors (Lipinski definition) is 0. The molecule has 0 N–H and O–H groups in total. The Labute approximate surface area is 275 Å². The van der Waals surface area contributed by atoms with E-state index in [1.54, 1.807) is 0 Å². The molecule has 10 aromatic rings. The minimum Gasteiger partial charge on any atom is -0.456 e. The highest BCUT2D eigenvalue weighted by Gasteiger charge is 2.20. The second-order valence-electron chi connectivity index (χ2n) is 12.1. The number of thiophene rings is 1. The molecule has 0 radical (unpaired) electrons. The molecule has 0 aliphatic rings. The Balaban J connectivity index is 1.28. The number of hydrogen-bond acceptors (Lipinski definition) is 3. The summed E-state index contributed by atoms with van der Waals surface area (Å²) in [4.78, 5) is 2.43. The third kappa shape index (κ3) is 4.10. The first kappa shape index (κ1) is 26.3. The lowest BCUT2D eigenvalue weighted by atomic mass is 9.96. The average molecular weight is 618 g/mol. The van der Waals surface area contributed by atoms with Crippen LogP contribution in [0.3, 0.4) is 0 Å². The highest BCUT2D eigenvalue weighted by atomic mass is 32.1. The predicted molar refractivity (Wildman–Crippen MR) is 202 cm³/mol. The standard InChI is InChI=1S/C44H27NOS/c1-2-10-28(11-3-1)30-12-8-13-31(26-30)45(32-22-25-42-37(27-32)34-14-5-7-19-41(34)47-42)38-17-9-16-35-33(38)23-20-29-21-24-40-44(43(29)35)36-15-4-6-18-39(36)46-40/h1-27H. The fourth-order valence-corrected chi connectivity index (χ4v) is 8.40. The van der Waals surface area contributed by atoms with Crippen molar-refractivity contribution >= 4 is 92.1 Å². The zero-order chi connectivity index (χ0) is 30.9. The van der Waals surface area contributed by atoms with Crippen LogP contribution in [0.15, 0.2) is 168 Å². The molecule has 10 rings (SSSR count). The molecule has 47 heavy (non-hydrogen) atoms. The van der Waals surface area contributed by atoms with Gasteiger partial charge in [0.2, 0.25) is 0 Å². The van der Waals surface area contributed by atoms with Gasteiger partial charge < -0.3 is 9.32 Å². The predicted octanol–water partition coefficient (Wildman–Crippen LogP) is 13.4. The van der Waals surface area contributed by atoms with Crippen LogP contribution in [0.1, 0.15) is 0 Å². The summed E-state index contributed by atoms with van der Waals surface area (Å²) in [7, 11) is 0. The van der Waals surface area contributed by atoms with Gasteiger partial charge in [0.15, 0.2) is 0 Å². The molecule has 3 heteroatoms. The highest BCUT2D eigenvalue weighted by molar-refractivity contribution is 7.25. The Morgan fingerprint density at radius 1 is 0.404 bits per heavy atom. The first-order chi connectivity index (χ1) is 23.3.